The van der Waals surface area contributed by atoms with Crippen molar-refractivity contribution in [1.82, 2.24) is 0 Å². The Hall–Kier alpha value is -0.530. The molecular weight excluding hydrogens is 176 g/mol. The van der Waals surface area contributed by atoms with Gasteiger partial charge in [-0.2, -0.15) is 0 Å². The van der Waals surface area contributed by atoms with Crippen LogP contribution >= 0.6 is 0 Å². The largest absolute Gasteiger partial charge is 0.481 e. The average Bonchev–Trinajstić information content (AvgIpc) is 2.15. The number of carboxylic acid groups (broad SMARTS) is 1. The first-order valence-electron chi connectivity index (χ1n) is 5.90. The van der Waals surface area contributed by atoms with Crippen LogP contribution in [0.3, 0.4) is 0 Å². The standard InChI is InChI=1S/C12H22O2/c1-10-6-8-11(9-7-10)4-2-3-5-12(13)14/h10-11H,2-9H2,1H3,(H,13,14). The Morgan fingerprint density at radius 3 is 2.43 bits per heavy atom. The predicted molar refractivity (Wildman–Crippen MR) is 57.2 cm³/mol. The minimum absolute atomic E-state index is 0.350. The van der Waals surface area contributed by atoms with Crippen molar-refractivity contribution in [3.63, 3.8) is 0 Å². The molecule has 1 aliphatic rings. The fourth-order valence-corrected chi connectivity index (χ4v) is 2.33. The summed E-state index contributed by atoms with van der Waals surface area (Å²) in [7, 11) is 0. The van der Waals surface area contributed by atoms with E-state index in [9.17, 15) is 4.79 Å². The minimum atomic E-state index is -0.651. The first-order valence-corrected chi connectivity index (χ1v) is 5.90. The molecule has 0 aromatic rings. The smallest absolute Gasteiger partial charge is 0.303 e. The van der Waals surface area contributed by atoms with Crippen LogP contribution in [0.25, 0.3) is 0 Å². The van der Waals surface area contributed by atoms with Gasteiger partial charge in [-0.05, 0) is 18.3 Å². The lowest BCUT2D eigenvalue weighted by Gasteiger charge is -2.25. The maximum absolute atomic E-state index is 10.3. The highest BCUT2D eigenvalue weighted by Gasteiger charge is 2.17. The lowest BCUT2D eigenvalue weighted by molar-refractivity contribution is -0.137. The molecule has 1 rings (SSSR count). The van der Waals surface area contributed by atoms with Crippen LogP contribution in [-0.2, 0) is 4.79 Å². The third-order valence-corrected chi connectivity index (χ3v) is 3.39. The van der Waals surface area contributed by atoms with E-state index in [1.807, 2.05) is 0 Å². The molecule has 0 saturated heterocycles. The molecule has 14 heavy (non-hydrogen) atoms. The molecule has 0 bridgehead atoms. The zero-order valence-corrected chi connectivity index (χ0v) is 9.17. The van der Waals surface area contributed by atoms with Crippen LogP contribution in [0.2, 0.25) is 0 Å². The molecule has 0 amide bonds. The van der Waals surface area contributed by atoms with Gasteiger partial charge in [-0.3, -0.25) is 4.79 Å². The van der Waals surface area contributed by atoms with E-state index in [2.05, 4.69) is 6.92 Å². The molecular formula is C12H22O2. The van der Waals surface area contributed by atoms with Gasteiger partial charge in [-0.25, -0.2) is 0 Å². The molecule has 0 radical (unpaired) electrons. The van der Waals surface area contributed by atoms with Crippen molar-refractivity contribution in [1.29, 1.82) is 0 Å². The molecule has 0 aromatic carbocycles. The number of hydrogen-bond acceptors (Lipinski definition) is 1. The minimum Gasteiger partial charge on any atom is -0.481 e. The molecule has 1 fully saturated rings. The van der Waals surface area contributed by atoms with Crippen LogP contribution < -0.4 is 0 Å². The molecule has 0 spiro atoms. The van der Waals surface area contributed by atoms with Crippen molar-refractivity contribution in [2.45, 2.75) is 58.3 Å². The Bertz CT molecular complexity index is 169. The van der Waals surface area contributed by atoms with Gasteiger partial charge < -0.3 is 5.11 Å². The van der Waals surface area contributed by atoms with Gasteiger partial charge in [-0.15, -0.1) is 0 Å². The first kappa shape index (κ1) is 11.5. The Labute approximate surface area is 86.7 Å². The van der Waals surface area contributed by atoms with Crippen molar-refractivity contribution in [3.05, 3.63) is 0 Å². The van der Waals surface area contributed by atoms with Gasteiger partial charge in [0.1, 0.15) is 0 Å². The van der Waals surface area contributed by atoms with Crippen molar-refractivity contribution < 1.29 is 9.90 Å². The van der Waals surface area contributed by atoms with E-state index < -0.39 is 5.97 Å². The lowest BCUT2D eigenvalue weighted by Crippen LogP contribution is -2.12. The van der Waals surface area contributed by atoms with E-state index in [4.69, 9.17) is 5.11 Å². The Kier molecular flexibility index (Phi) is 4.99. The molecule has 82 valence electrons. The van der Waals surface area contributed by atoms with Crippen molar-refractivity contribution in [2.75, 3.05) is 0 Å². The summed E-state index contributed by atoms with van der Waals surface area (Å²) in [6.07, 6.45) is 9.06. The summed E-state index contributed by atoms with van der Waals surface area (Å²) in [4.78, 5) is 10.3. The van der Waals surface area contributed by atoms with Gasteiger partial charge in [0.25, 0.3) is 0 Å². The monoisotopic (exact) mass is 198 g/mol. The number of rotatable bonds is 5. The van der Waals surface area contributed by atoms with Crippen LogP contribution in [0.1, 0.15) is 58.3 Å². The zero-order chi connectivity index (χ0) is 10.4. The second-order valence-corrected chi connectivity index (χ2v) is 4.77. The first-order chi connectivity index (χ1) is 6.68. The molecule has 0 aromatic heterocycles. The predicted octanol–water partition coefficient (Wildman–Crippen LogP) is 3.46. The lowest BCUT2D eigenvalue weighted by atomic mass is 9.80. The maximum atomic E-state index is 10.3. The quantitative estimate of drug-likeness (QED) is 0.687. The second-order valence-electron chi connectivity index (χ2n) is 4.77. The van der Waals surface area contributed by atoms with Crippen LogP contribution in [0.15, 0.2) is 0 Å². The number of unbranched alkanes of at least 4 members (excludes halogenated alkanes) is 1. The molecule has 2 nitrogen and oxygen atoms in total. The number of aliphatic carboxylic acids is 1. The van der Waals surface area contributed by atoms with E-state index in [0.29, 0.717) is 6.42 Å². The summed E-state index contributed by atoms with van der Waals surface area (Å²) < 4.78 is 0. The molecule has 0 atom stereocenters. The Morgan fingerprint density at radius 2 is 1.86 bits per heavy atom. The van der Waals surface area contributed by atoms with Gasteiger partial charge in [-0.1, -0.05) is 45.4 Å². The summed E-state index contributed by atoms with van der Waals surface area (Å²) >= 11 is 0. The van der Waals surface area contributed by atoms with E-state index in [-0.39, 0.29) is 0 Å². The highest BCUT2D eigenvalue weighted by atomic mass is 16.4. The molecule has 1 N–H and O–H groups in total. The molecule has 1 saturated carbocycles. The fourth-order valence-electron chi connectivity index (χ4n) is 2.33. The summed E-state index contributed by atoms with van der Waals surface area (Å²) in [5.74, 6) is 1.16. The topological polar surface area (TPSA) is 37.3 Å². The van der Waals surface area contributed by atoms with Crippen molar-refractivity contribution in [2.24, 2.45) is 11.8 Å². The summed E-state index contributed by atoms with van der Waals surface area (Å²) in [6.45, 7) is 2.33. The molecule has 2 heteroatoms. The van der Waals surface area contributed by atoms with Crippen LogP contribution in [-0.4, -0.2) is 11.1 Å². The third-order valence-electron chi connectivity index (χ3n) is 3.39. The molecule has 1 aliphatic carbocycles. The number of carbonyl (C=O) groups is 1. The van der Waals surface area contributed by atoms with E-state index >= 15 is 0 Å². The SMILES string of the molecule is CC1CCC(CCCCC(=O)O)CC1. The Morgan fingerprint density at radius 1 is 1.21 bits per heavy atom. The fraction of sp³-hybridized carbons (Fsp3) is 0.917. The summed E-state index contributed by atoms with van der Waals surface area (Å²) in [5, 5.41) is 8.49. The highest BCUT2D eigenvalue weighted by molar-refractivity contribution is 5.66. The average molecular weight is 198 g/mol. The highest BCUT2D eigenvalue weighted by Crippen LogP contribution is 2.31. The summed E-state index contributed by atoms with van der Waals surface area (Å²) in [6, 6.07) is 0. The van der Waals surface area contributed by atoms with Gasteiger partial charge >= 0.3 is 5.97 Å². The number of carboxylic acids is 1. The van der Waals surface area contributed by atoms with E-state index in [0.717, 1.165) is 24.7 Å². The van der Waals surface area contributed by atoms with Crippen LogP contribution in [0, 0.1) is 11.8 Å². The van der Waals surface area contributed by atoms with Crippen molar-refractivity contribution in [3.8, 4) is 0 Å². The Balaban J connectivity index is 1.99. The molecule has 0 heterocycles. The van der Waals surface area contributed by atoms with Gasteiger partial charge in [0.15, 0.2) is 0 Å². The summed E-state index contributed by atoms with van der Waals surface area (Å²) in [5.41, 5.74) is 0. The number of hydrogen-bond donors (Lipinski definition) is 1. The van der Waals surface area contributed by atoms with Gasteiger partial charge in [0.2, 0.25) is 0 Å². The van der Waals surface area contributed by atoms with Gasteiger partial charge in [0.05, 0.1) is 0 Å². The van der Waals surface area contributed by atoms with Crippen LogP contribution in [0.4, 0.5) is 0 Å². The van der Waals surface area contributed by atoms with Crippen molar-refractivity contribution >= 4 is 5.97 Å². The normalized spacial score (nSPS) is 27.5. The maximum Gasteiger partial charge on any atom is 0.303 e. The second kappa shape index (κ2) is 6.05. The zero-order valence-electron chi connectivity index (χ0n) is 9.17. The van der Waals surface area contributed by atoms with Crippen LogP contribution in [0.5, 0.6) is 0 Å². The van der Waals surface area contributed by atoms with E-state index in [1.54, 1.807) is 0 Å². The van der Waals surface area contributed by atoms with Gasteiger partial charge in [0, 0.05) is 6.42 Å². The third kappa shape index (κ3) is 4.64. The molecule has 0 aliphatic heterocycles. The van der Waals surface area contributed by atoms with E-state index in [1.165, 1.54) is 32.1 Å². The molecule has 0 unspecified atom stereocenters.